The molecule has 0 amide bonds. The largest absolute Gasteiger partial charge is 0.497 e. The lowest BCUT2D eigenvalue weighted by Gasteiger charge is -2.07. The maximum atomic E-state index is 12.6. The Hall–Kier alpha value is -2.05. The van der Waals surface area contributed by atoms with Gasteiger partial charge in [-0.1, -0.05) is 12.1 Å². The standard InChI is InChI=1S/C14H12N2O3S.ClH/c1-19-11-6-8-12(9-7-11)20(17,18)16-10-15-13-4-2-3-5-14(13)16;/h2-10H,1H3;1H. The lowest BCUT2D eigenvalue weighted by Crippen LogP contribution is -2.11. The van der Waals surface area contributed by atoms with Gasteiger partial charge >= 0.3 is 0 Å². The van der Waals surface area contributed by atoms with Crippen LogP contribution in [0.3, 0.4) is 0 Å². The molecule has 0 atom stereocenters. The number of benzene rings is 2. The zero-order valence-electron chi connectivity index (χ0n) is 11.1. The number of imidazole rings is 1. The molecule has 0 bridgehead atoms. The van der Waals surface area contributed by atoms with E-state index in [2.05, 4.69) is 4.98 Å². The Morgan fingerprint density at radius 2 is 1.71 bits per heavy atom. The molecule has 0 aliphatic rings. The van der Waals surface area contributed by atoms with Gasteiger partial charge in [0.2, 0.25) is 0 Å². The van der Waals surface area contributed by atoms with E-state index in [1.54, 1.807) is 30.3 Å². The quantitative estimate of drug-likeness (QED) is 0.743. The number of methoxy groups -OCH3 is 1. The maximum Gasteiger partial charge on any atom is 0.269 e. The summed E-state index contributed by atoms with van der Waals surface area (Å²) in [5, 5.41) is 0. The second kappa shape index (κ2) is 5.75. The van der Waals surface area contributed by atoms with E-state index in [0.29, 0.717) is 16.8 Å². The fourth-order valence-corrected chi connectivity index (χ4v) is 3.28. The van der Waals surface area contributed by atoms with Crippen LogP contribution < -0.4 is 4.74 Å². The highest BCUT2D eigenvalue weighted by Gasteiger charge is 2.19. The molecule has 3 rings (SSSR count). The molecule has 0 N–H and O–H groups in total. The summed E-state index contributed by atoms with van der Waals surface area (Å²) >= 11 is 0. The highest BCUT2D eigenvalue weighted by atomic mass is 35.5. The summed E-state index contributed by atoms with van der Waals surface area (Å²) in [7, 11) is -2.11. The number of ether oxygens (including phenoxy) is 1. The first kappa shape index (κ1) is 15.3. The van der Waals surface area contributed by atoms with Gasteiger partial charge < -0.3 is 4.74 Å². The molecular formula is C14H13ClN2O3S. The Balaban J connectivity index is 0.00000161. The van der Waals surface area contributed by atoms with E-state index in [4.69, 9.17) is 4.74 Å². The second-order valence-corrected chi connectivity index (χ2v) is 6.02. The van der Waals surface area contributed by atoms with Crippen LogP contribution in [0.1, 0.15) is 0 Å². The number of para-hydroxylation sites is 2. The number of nitrogens with zero attached hydrogens (tertiary/aromatic N) is 2. The van der Waals surface area contributed by atoms with Crippen molar-refractivity contribution in [3.05, 3.63) is 54.9 Å². The van der Waals surface area contributed by atoms with Crippen LogP contribution in [0.4, 0.5) is 0 Å². The Kier molecular flexibility index (Phi) is 4.20. The topological polar surface area (TPSA) is 61.2 Å². The van der Waals surface area contributed by atoms with Crippen LogP contribution in [-0.2, 0) is 10.0 Å². The first-order valence-corrected chi connectivity index (χ1v) is 7.38. The predicted molar refractivity (Wildman–Crippen MR) is 82.6 cm³/mol. The van der Waals surface area contributed by atoms with Crippen LogP contribution in [0, 0.1) is 0 Å². The summed E-state index contributed by atoms with van der Waals surface area (Å²) in [6.45, 7) is 0. The van der Waals surface area contributed by atoms with E-state index in [1.165, 1.54) is 29.5 Å². The summed E-state index contributed by atoms with van der Waals surface area (Å²) in [5.74, 6) is 0.611. The third kappa shape index (κ3) is 2.59. The van der Waals surface area contributed by atoms with Crippen LogP contribution >= 0.6 is 12.4 Å². The van der Waals surface area contributed by atoms with E-state index in [-0.39, 0.29) is 17.3 Å². The average Bonchev–Trinajstić information content (AvgIpc) is 2.92. The Bertz CT molecular complexity index is 857. The summed E-state index contributed by atoms with van der Waals surface area (Å²) in [5.41, 5.74) is 1.20. The van der Waals surface area contributed by atoms with E-state index in [9.17, 15) is 8.42 Å². The summed E-state index contributed by atoms with van der Waals surface area (Å²) in [6, 6.07) is 13.4. The molecular weight excluding hydrogens is 312 g/mol. The van der Waals surface area contributed by atoms with Crippen molar-refractivity contribution in [3.8, 4) is 5.75 Å². The van der Waals surface area contributed by atoms with Crippen molar-refractivity contribution in [3.63, 3.8) is 0 Å². The highest BCUT2D eigenvalue weighted by molar-refractivity contribution is 7.90. The fourth-order valence-electron chi connectivity index (χ4n) is 1.99. The van der Waals surface area contributed by atoms with Crippen molar-refractivity contribution < 1.29 is 13.2 Å². The van der Waals surface area contributed by atoms with Gasteiger partial charge in [-0.2, -0.15) is 0 Å². The average molecular weight is 325 g/mol. The van der Waals surface area contributed by atoms with Crippen molar-refractivity contribution in [1.82, 2.24) is 8.96 Å². The third-order valence-electron chi connectivity index (χ3n) is 3.04. The van der Waals surface area contributed by atoms with Crippen molar-refractivity contribution in [2.45, 2.75) is 4.90 Å². The molecule has 21 heavy (non-hydrogen) atoms. The van der Waals surface area contributed by atoms with E-state index in [0.717, 1.165) is 0 Å². The molecule has 110 valence electrons. The number of rotatable bonds is 3. The minimum Gasteiger partial charge on any atom is -0.497 e. The lowest BCUT2D eigenvalue weighted by atomic mass is 10.3. The minimum absolute atomic E-state index is 0. The molecule has 0 radical (unpaired) electrons. The molecule has 5 nitrogen and oxygen atoms in total. The van der Waals surface area contributed by atoms with Crippen LogP contribution in [0.2, 0.25) is 0 Å². The van der Waals surface area contributed by atoms with Crippen molar-refractivity contribution in [2.24, 2.45) is 0 Å². The summed E-state index contributed by atoms with van der Waals surface area (Å²) in [4.78, 5) is 4.30. The molecule has 1 aromatic heterocycles. The first-order chi connectivity index (χ1) is 9.63. The smallest absolute Gasteiger partial charge is 0.269 e. The molecule has 0 saturated carbocycles. The van der Waals surface area contributed by atoms with Gasteiger partial charge in [0.15, 0.2) is 0 Å². The van der Waals surface area contributed by atoms with Crippen LogP contribution in [-0.4, -0.2) is 24.5 Å². The normalized spacial score (nSPS) is 11.1. The number of halogens is 1. The minimum atomic E-state index is -3.65. The van der Waals surface area contributed by atoms with E-state index in [1.807, 2.05) is 6.07 Å². The SMILES string of the molecule is COc1ccc(S(=O)(=O)n2cnc3ccccc32)cc1.Cl. The third-order valence-corrected chi connectivity index (χ3v) is 4.71. The molecule has 0 unspecified atom stereocenters. The van der Waals surface area contributed by atoms with Crippen LogP contribution in [0.15, 0.2) is 59.8 Å². The number of hydrogen-bond acceptors (Lipinski definition) is 4. The van der Waals surface area contributed by atoms with Crippen LogP contribution in [0.5, 0.6) is 5.75 Å². The van der Waals surface area contributed by atoms with Gasteiger partial charge in [-0.15, -0.1) is 12.4 Å². The number of hydrogen-bond donors (Lipinski definition) is 0. The van der Waals surface area contributed by atoms with E-state index >= 15 is 0 Å². The fraction of sp³-hybridized carbons (Fsp3) is 0.0714. The van der Waals surface area contributed by atoms with E-state index < -0.39 is 10.0 Å². The molecule has 0 spiro atoms. The maximum absolute atomic E-state index is 12.6. The Morgan fingerprint density at radius 3 is 2.38 bits per heavy atom. The van der Waals surface area contributed by atoms with Crippen molar-refractivity contribution >= 4 is 33.5 Å². The predicted octanol–water partition coefficient (Wildman–Crippen LogP) is 2.70. The summed E-state index contributed by atoms with van der Waals surface area (Å²) < 4.78 is 31.4. The van der Waals surface area contributed by atoms with Gasteiger partial charge in [0.1, 0.15) is 12.1 Å². The molecule has 0 saturated heterocycles. The molecule has 2 aromatic carbocycles. The number of fused-ring (bicyclic) bond motifs is 1. The molecule has 7 heteroatoms. The first-order valence-electron chi connectivity index (χ1n) is 5.94. The summed E-state index contributed by atoms with van der Waals surface area (Å²) in [6.07, 6.45) is 1.32. The Labute approximate surface area is 128 Å². The monoisotopic (exact) mass is 324 g/mol. The van der Waals surface area contributed by atoms with Gasteiger partial charge in [-0.25, -0.2) is 17.4 Å². The Morgan fingerprint density at radius 1 is 1.05 bits per heavy atom. The zero-order chi connectivity index (χ0) is 14.2. The molecule has 0 fully saturated rings. The van der Waals surface area contributed by atoms with Gasteiger partial charge in [0, 0.05) is 0 Å². The van der Waals surface area contributed by atoms with Crippen molar-refractivity contribution in [2.75, 3.05) is 7.11 Å². The van der Waals surface area contributed by atoms with Crippen molar-refractivity contribution in [1.29, 1.82) is 0 Å². The molecule has 1 heterocycles. The lowest BCUT2D eigenvalue weighted by molar-refractivity contribution is 0.414. The second-order valence-electron chi connectivity index (χ2n) is 4.21. The van der Waals surface area contributed by atoms with Gasteiger partial charge in [-0.05, 0) is 36.4 Å². The zero-order valence-corrected chi connectivity index (χ0v) is 12.8. The molecule has 3 aromatic rings. The van der Waals surface area contributed by atoms with Gasteiger partial charge in [0.05, 0.1) is 23.0 Å². The van der Waals surface area contributed by atoms with Crippen LogP contribution in [0.25, 0.3) is 11.0 Å². The number of aromatic nitrogens is 2. The van der Waals surface area contributed by atoms with Gasteiger partial charge in [0.25, 0.3) is 10.0 Å². The van der Waals surface area contributed by atoms with Gasteiger partial charge in [-0.3, -0.25) is 0 Å². The molecule has 0 aliphatic carbocycles. The molecule has 0 aliphatic heterocycles. The highest BCUT2D eigenvalue weighted by Crippen LogP contribution is 2.21.